The standard InChI is InChI=1S/C28H34FN3O3/c1-5-32-15-26(19(4)31-32)30-27(33)17-34-24-12-8-21(9-13-24)28-25(18(2)3)14-22(16-35-28)20-6-10-23(29)11-7-20/h6-13,15,18,22,25,28H,5,14,16-17H2,1-4H3,(H,30,33)/t22-,25-,28-/m0/s1. The molecule has 0 aliphatic carbocycles. The Morgan fingerprint density at radius 2 is 1.86 bits per heavy atom. The van der Waals surface area contributed by atoms with Crippen molar-refractivity contribution in [2.45, 2.75) is 52.7 Å². The van der Waals surface area contributed by atoms with Gasteiger partial charge in [0, 0.05) is 18.7 Å². The van der Waals surface area contributed by atoms with E-state index in [-0.39, 0.29) is 30.4 Å². The van der Waals surface area contributed by atoms with E-state index in [9.17, 15) is 9.18 Å². The van der Waals surface area contributed by atoms with Crippen LogP contribution in [0.2, 0.25) is 0 Å². The number of halogens is 1. The monoisotopic (exact) mass is 479 g/mol. The van der Waals surface area contributed by atoms with Crippen molar-refractivity contribution in [2.75, 3.05) is 18.5 Å². The second-order valence-corrected chi connectivity index (χ2v) is 9.54. The topological polar surface area (TPSA) is 65.4 Å². The van der Waals surface area contributed by atoms with Crippen LogP contribution in [0.5, 0.6) is 5.75 Å². The molecule has 1 N–H and O–H groups in total. The van der Waals surface area contributed by atoms with Crippen molar-refractivity contribution in [3.05, 3.63) is 77.4 Å². The Morgan fingerprint density at radius 1 is 1.17 bits per heavy atom. The van der Waals surface area contributed by atoms with Crippen molar-refractivity contribution in [3.63, 3.8) is 0 Å². The number of hydrogen-bond donors (Lipinski definition) is 1. The SMILES string of the molecule is CCn1cc(NC(=O)COc2ccc([C@@H]3OC[C@@H](c4ccc(F)cc4)C[C@H]3C(C)C)cc2)c(C)n1. The van der Waals surface area contributed by atoms with Crippen LogP contribution in [-0.4, -0.2) is 28.9 Å². The van der Waals surface area contributed by atoms with Crippen LogP contribution in [0, 0.1) is 24.6 Å². The molecule has 1 aliphatic rings. The first-order valence-electron chi connectivity index (χ1n) is 12.3. The molecule has 35 heavy (non-hydrogen) atoms. The third-order valence-corrected chi connectivity index (χ3v) is 6.74. The number of carbonyl (C=O) groups excluding carboxylic acids is 1. The Bertz CT molecular complexity index is 1130. The maximum Gasteiger partial charge on any atom is 0.262 e. The molecule has 7 heteroatoms. The largest absolute Gasteiger partial charge is 0.484 e. The van der Waals surface area contributed by atoms with Gasteiger partial charge in [-0.25, -0.2) is 4.39 Å². The van der Waals surface area contributed by atoms with Crippen molar-refractivity contribution >= 4 is 11.6 Å². The van der Waals surface area contributed by atoms with Crippen molar-refractivity contribution in [1.29, 1.82) is 0 Å². The molecule has 3 atom stereocenters. The molecular formula is C28H34FN3O3. The van der Waals surface area contributed by atoms with E-state index in [1.807, 2.05) is 56.4 Å². The third kappa shape index (κ3) is 6.09. The van der Waals surface area contributed by atoms with Crippen LogP contribution in [0.4, 0.5) is 10.1 Å². The fourth-order valence-corrected chi connectivity index (χ4v) is 4.69. The van der Waals surface area contributed by atoms with E-state index in [4.69, 9.17) is 9.47 Å². The average Bonchev–Trinajstić information content (AvgIpc) is 3.22. The molecule has 1 aliphatic heterocycles. The Morgan fingerprint density at radius 3 is 2.49 bits per heavy atom. The van der Waals surface area contributed by atoms with Gasteiger partial charge in [0.2, 0.25) is 0 Å². The zero-order valence-electron chi connectivity index (χ0n) is 20.8. The Hall–Kier alpha value is -3.19. The zero-order chi connectivity index (χ0) is 24.9. The molecule has 3 aromatic rings. The van der Waals surface area contributed by atoms with Gasteiger partial charge in [-0.1, -0.05) is 38.1 Å². The van der Waals surface area contributed by atoms with E-state index in [1.165, 1.54) is 12.1 Å². The van der Waals surface area contributed by atoms with Crippen LogP contribution >= 0.6 is 0 Å². The maximum absolute atomic E-state index is 13.3. The van der Waals surface area contributed by atoms with E-state index in [1.54, 1.807) is 4.68 Å². The number of ether oxygens (including phenoxy) is 2. The summed E-state index contributed by atoms with van der Waals surface area (Å²) in [5.74, 6) is 1.22. The molecule has 186 valence electrons. The van der Waals surface area contributed by atoms with Crippen LogP contribution in [0.15, 0.2) is 54.7 Å². The van der Waals surface area contributed by atoms with E-state index in [0.717, 1.165) is 29.8 Å². The van der Waals surface area contributed by atoms with Crippen molar-refractivity contribution < 1.29 is 18.7 Å². The number of carbonyl (C=O) groups is 1. The minimum absolute atomic E-state index is 0.0119. The van der Waals surface area contributed by atoms with E-state index in [0.29, 0.717) is 29.9 Å². The molecular weight excluding hydrogens is 445 g/mol. The predicted molar refractivity (Wildman–Crippen MR) is 134 cm³/mol. The Balaban J connectivity index is 1.35. The number of anilines is 1. The summed E-state index contributed by atoms with van der Waals surface area (Å²) < 4.78 is 27.2. The number of hydrogen-bond acceptors (Lipinski definition) is 4. The highest BCUT2D eigenvalue weighted by Gasteiger charge is 2.35. The fourth-order valence-electron chi connectivity index (χ4n) is 4.69. The molecule has 0 saturated carbocycles. The van der Waals surface area contributed by atoms with Gasteiger partial charge in [-0.15, -0.1) is 0 Å². The summed E-state index contributed by atoms with van der Waals surface area (Å²) in [5, 5.41) is 7.18. The Labute approximate surface area is 206 Å². The molecule has 1 aromatic heterocycles. The summed E-state index contributed by atoms with van der Waals surface area (Å²) in [7, 11) is 0. The van der Waals surface area contributed by atoms with Crippen molar-refractivity contribution in [3.8, 4) is 5.75 Å². The van der Waals surface area contributed by atoms with Crippen LogP contribution < -0.4 is 10.1 Å². The lowest BCUT2D eigenvalue weighted by molar-refractivity contribution is -0.118. The molecule has 0 unspecified atom stereocenters. The first-order valence-corrected chi connectivity index (χ1v) is 12.3. The highest BCUT2D eigenvalue weighted by Crippen LogP contribution is 2.43. The quantitative estimate of drug-likeness (QED) is 0.438. The maximum atomic E-state index is 13.3. The van der Waals surface area contributed by atoms with Gasteiger partial charge in [0.05, 0.1) is 24.1 Å². The molecule has 6 nitrogen and oxygen atoms in total. The lowest BCUT2D eigenvalue weighted by atomic mass is 9.76. The summed E-state index contributed by atoms with van der Waals surface area (Å²) in [6, 6.07) is 14.6. The highest BCUT2D eigenvalue weighted by molar-refractivity contribution is 5.92. The molecule has 2 heterocycles. The normalized spacial score (nSPS) is 20.1. The fraction of sp³-hybridized carbons (Fsp3) is 0.429. The first kappa shape index (κ1) is 24.9. The number of rotatable bonds is 8. The van der Waals surface area contributed by atoms with Gasteiger partial charge in [0.25, 0.3) is 5.91 Å². The van der Waals surface area contributed by atoms with Gasteiger partial charge in [0.15, 0.2) is 6.61 Å². The van der Waals surface area contributed by atoms with Crippen LogP contribution in [0.25, 0.3) is 0 Å². The Kier molecular flexibility index (Phi) is 7.86. The molecule has 1 amide bonds. The van der Waals surface area contributed by atoms with Crippen LogP contribution in [0.3, 0.4) is 0 Å². The predicted octanol–water partition coefficient (Wildman–Crippen LogP) is 5.89. The summed E-state index contributed by atoms with van der Waals surface area (Å²) in [6.45, 7) is 9.56. The van der Waals surface area contributed by atoms with Crippen LogP contribution in [0.1, 0.15) is 56.0 Å². The van der Waals surface area contributed by atoms with Gasteiger partial charge in [-0.05, 0) is 67.5 Å². The zero-order valence-corrected chi connectivity index (χ0v) is 20.8. The van der Waals surface area contributed by atoms with E-state index < -0.39 is 0 Å². The van der Waals surface area contributed by atoms with Gasteiger partial charge in [-0.2, -0.15) is 5.10 Å². The van der Waals surface area contributed by atoms with Gasteiger partial charge in [0.1, 0.15) is 11.6 Å². The van der Waals surface area contributed by atoms with Crippen LogP contribution in [-0.2, 0) is 16.1 Å². The third-order valence-electron chi connectivity index (χ3n) is 6.74. The summed E-state index contributed by atoms with van der Waals surface area (Å²) >= 11 is 0. The number of benzene rings is 2. The minimum Gasteiger partial charge on any atom is -0.484 e. The molecule has 1 fully saturated rings. The number of nitrogens with one attached hydrogen (secondary N) is 1. The molecule has 0 radical (unpaired) electrons. The lowest BCUT2D eigenvalue weighted by Crippen LogP contribution is -2.31. The van der Waals surface area contributed by atoms with Gasteiger partial charge >= 0.3 is 0 Å². The second-order valence-electron chi connectivity index (χ2n) is 9.54. The molecule has 0 spiro atoms. The van der Waals surface area contributed by atoms with Gasteiger partial charge < -0.3 is 14.8 Å². The van der Waals surface area contributed by atoms with E-state index in [2.05, 4.69) is 24.3 Å². The summed E-state index contributed by atoms with van der Waals surface area (Å²) in [4.78, 5) is 12.3. The molecule has 2 aromatic carbocycles. The molecule has 1 saturated heterocycles. The number of nitrogens with zero attached hydrogens (tertiary/aromatic N) is 2. The summed E-state index contributed by atoms with van der Waals surface area (Å²) in [6.07, 6.45) is 2.79. The molecule has 0 bridgehead atoms. The number of amides is 1. The number of aryl methyl sites for hydroxylation is 2. The number of aromatic nitrogens is 2. The average molecular weight is 480 g/mol. The summed E-state index contributed by atoms with van der Waals surface area (Å²) in [5.41, 5.74) is 3.69. The first-order chi connectivity index (χ1) is 16.8. The minimum atomic E-state index is -0.227. The molecule has 4 rings (SSSR count). The van der Waals surface area contributed by atoms with Gasteiger partial charge in [-0.3, -0.25) is 9.48 Å². The highest BCUT2D eigenvalue weighted by atomic mass is 19.1. The van der Waals surface area contributed by atoms with E-state index >= 15 is 0 Å². The van der Waals surface area contributed by atoms with Crippen molar-refractivity contribution in [2.24, 2.45) is 11.8 Å². The van der Waals surface area contributed by atoms with Crippen molar-refractivity contribution in [1.82, 2.24) is 9.78 Å². The lowest BCUT2D eigenvalue weighted by Gasteiger charge is -2.39. The smallest absolute Gasteiger partial charge is 0.262 e. The second kappa shape index (κ2) is 11.0.